The minimum atomic E-state index is 0.0624. The fourth-order valence-corrected chi connectivity index (χ4v) is 4.73. The molecular weight excluding hydrogens is 302 g/mol. The van der Waals surface area contributed by atoms with Crippen LogP contribution in [0.15, 0.2) is 59.5 Å². The molecule has 0 bridgehead atoms. The van der Waals surface area contributed by atoms with E-state index in [1.807, 2.05) is 11.8 Å². The largest absolute Gasteiger partial charge is 0.396 e. The zero-order chi connectivity index (χ0) is 16.1. The minimum absolute atomic E-state index is 0.0624. The summed E-state index contributed by atoms with van der Waals surface area (Å²) in [6.45, 7) is 2.51. The number of nitrogens with one attached hydrogen (secondary N) is 1. The molecule has 0 saturated heterocycles. The Balaban J connectivity index is 2.01. The molecule has 122 valence electrons. The highest BCUT2D eigenvalue weighted by Gasteiger charge is 2.35. The second kappa shape index (κ2) is 7.52. The van der Waals surface area contributed by atoms with E-state index in [1.54, 1.807) is 0 Å². The number of aliphatic hydroxyl groups is 1. The molecule has 0 amide bonds. The summed E-state index contributed by atoms with van der Waals surface area (Å²) in [5, 5.41) is 13.3. The zero-order valence-corrected chi connectivity index (χ0v) is 14.5. The SMILES string of the molecule is CC[C@]1(CCCO)CSc2ccccc2[C@H](c2ccccc2)N1. The molecule has 2 N–H and O–H groups in total. The van der Waals surface area contributed by atoms with Gasteiger partial charge in [-0.1, -0.05) is 55.5 Å². The summed E-state index contributed by atoms with van der Waals surface area (Å²) < 4.78 is 0. The maximum absolute atomic E-state index is 9.30. The van der Waals surface area contributed by atoms with Crippen LogP contribution in [0.3, 0.4) is 0 Å². The Bertz CT molecular complexity index is 631. The molecule has 23 heavy (non-hydrogen) atoms. The summed E-state index contributed by atoms with van der Waals surface area (Å²) in [5.41, 5.74) is 2.74. The topological polar surface area (TPSA) is 32.3 Å². The third-order valence-corrected chi connectivity index (χ3v) is 6.19. The van der Waals surface area contributed by atoms with Crippen LogP contribution in [0.1, 0.15) is 43.4 Å². The first-order valence-electron chi connectivity index (χ1n) is 8.43. The monoisotopic (exact) mass is 327 g/mol. The Morgan fingerprint density at radius 3 is 2.61 bits per heavy atom. The maximum Gasteiger partial charge on any atom is 0.0592 e. The standard InChI is InChI=1S/C20H25NOS/c1-2-20(13-8-14-22)15-23-18-12-7-6-11-17(18)19(21-20)16-9-4-3-5-10-16/h3-7,9-12,19,21-22H,2,8,13-15H2,1H3/t19-,20-/m0/s1. The Kier molecular flexibility index (Phi) is 5.42. The fraction of sp³-hybridized carbons (Fsp3) is 0.400. The van der Waals surface area contributed by atoms with Gasteiger partial charge in [0.05, 0.1) is 6.04 Å². The van der Waals surface area contributed by atoms with Gasteiger partial charge in [-0.2, -0.15) is 0 Å². The Labute approximate surface area is 143 Å². The van der Waals surface area contributed by atoms with Gasteiger partial charge >= 0.3 is 0 Å². The lowest BCUT2D eigenvalue weighted by Crippen LogP contribution is -2.48. The van der Waals surface area contributed by atoms with Gasteiger partial charge in [0.25, 0.3) is 0 Å². The van der Waals surface area contributed by atoms with Gasteiger partial charge < -0.3 is 5.11 Å². The maximum atomic E-state index is 9.30. The fourth-order valence-electron chi connectivity index (χ4n) is 3.34. The third-order valence-electron chi connectivity index (χ3n) is 4.81. The van der Waals surface area contributed by atoms with Gasteiger partial charge in [-0.15, -0.1) is 11.8 Å². The zero-order valence-electron chi connectivity index (χ0n) is 13.7. The van der Waals surface area contributed by atoms with E-state index in [2.05, 4.69) is 66.8 Å². The predicted octanol–water partition coefficient (Wildman–Crippen LogP) is 4.39. The van der Waals surface area contributed by atoms with Crippen molar-refractivity contribution in [3.8, 4) is 0 Å². The highest BCUT2D eigenvalue weighted by molar-refractivity contribution is 7.99. The molecule has 0 unspecified atom stereocenters. The van der Waals surface area contributed by atoms with Crippen molar-refractivity contribution in [1.29, 1.82) is 0 Å². The summed E-state index contributed by atoms with van der Waals surface area (Å²) in [5.74, 6) is 1.05. The van der Waals surface area contributed by atoms with Gasteiger partial charge in [0.2, 0.25) is 0 Å². The predicted molar refractivity (Wildman–Crippen MR) is 97.9 cm³/mol. The number of hydrogen-bond donors (Lipinski definition) is 2. The molecule has 0 radical (unpaired) electrons. The van der Waals surface area contributed by atoms with Crippen LogP contribution in [0.25, 0.3) is 0 Å². The first kappa shape index (κ1) is 16.6. The molecule has 0 saturated carbocycles. The smallest absolute Gasteiger partial charge is 0.0592 e. The lowest BCUT2D eigenvalue weighted by Gasteiger charge is -2.36. The number of aliphatic hydroxyl groups excluding tert-OH is 1. The van der Waals surface area contributed by atoms with E-state index in [1.165, 1.54) is 16.0 Å². The second-order valence-corrected chi connectivity index (χ2v) is 7.29. The highest BCUT2D eigenvalue weighted by atomic mass is 32.2. The Morgan fingerprint density at radius 1 is 1.13 bits per heavy atom. The van der Waals surface area contributed by atoms with Crippen molar-refractivity contribution in [2.45, 2.75) is 42.7 Å². The molecule has 2 atom stereocenters. The molecule has 2 nitrogen and oxygen atoms in total. The first-order chi connectivity index (χ1) is 11.3. The molecule has 0 spiro atoms. The van der Waals surface area contributed by atoms with Gasteiger partial charge in [-0.05, 0) is 36.5 Å². The van der Waals surface area contributed by atoms with Crippen LogP contribution < -0.4 is 5.32 Å². The lowest BCUT2D eigenvalue weighted by atomic mass is 9.88. The summed E-state index contributed by atoms with van der Waals surface area (Å²) >= 11 is 1.95. The van der Waals surface area contributed by atoms with Crippen LogP contribution in [0, 0.1) is 0 Å². The number of hydrogen-bond acceptors (Lipinski definition) is 3. The van der Waals surface area contributed by atoms with Gasteiger partial charge in [0, 0.05) is 22.8 Å². The molecule has 0 aliphatic carbocycles. The molecule has 3 heteroatoms. The van der Waals surface area contributed by atoms with Crippen molar-refractivity contribution in [1.82, 2.24) is 5.32 Å². The average Bonchev–Trinajstić information content (AvgIpc) is 2.79. The highest BCUT2D eigenvalue weighted by Crippen LogP contribution is 2.40. The van der Waals surface area contributed by atoms with Crippen LogP contribution in [0.2, 0.25) is 0 Å². The second-order valence-electron chi connectivity index (χ2n) is 6.28. The van der Waals surface area contributed by atoms with E-state index in [-0.39, 0.29) is 18.2 Å². The normalized spacial score (nSPS) is 24.0. The third kappa shape index (κ3) is 3.63. The van der Waals surface area contributed by atoms with E-state index < -0.39 is 0 Å². The lowest BCUT2D eigenvalue weighted by molar-refractivity contribution is 0.238. The summed E-state index contributed by atoms with van der Waals surface area (Å²) in [6, 6.07) is 19.6. The molecule has 1 aliphatic rings. The molecule has 0 aromatic heterocycles. The molecule has 1 aliphatic heterocycles. The van der Waals surface area contributed by atoms with Crippen molar-refractivity contribution >= 4 is 11.8 Å². The van der Waals surface area contributed by atoms with Gasteiger partial charge in [0.1, 0.15) is 0 Å². The van der Waals surface area contributed by atoms with Crippen molar-refractivity contribution in [3.63, 3.8) is 0 Å². The first-order valence-corrected chi connectivity index (χ1v) is 9.42. The van der Waals surface area contributed by atoms with Gasteiger partial charge in [0.15, 0.2) is 0 Å². The Morgan fingerprint density at radius 2 is 1.87 bits per heavy atom. The van der Waals surface area contributed by atoms with Crippen LogP contribution in [-0.4, -0.2) is 23.0 Å². The minimum Gasteiger partial charge on any atom is -0.396 e. The summed E-state index contributed by atoms with van der Waals surface area (Å²) in [6.07, 6.45) is 2.92. The van der Waals surface area contributed by atoms with Crippen LogP contribution in [-0.2, 0) is 0 Å². The van der Waals surface area contributed by atoms with Gasteiger partial charge in [-0.3, -0.25) is 5.32 Å². The van der Waals surface area contributed by atoms with Gasteiger partial charge in [-0.25, -0.2) is 0 Å². The van der Waals surface area contributed by atoms with E-state index in [9.17, 15) is 5.11 Å². The van der Waals surface area contributed by atoms with E-state index in [4.69, 9.17) is 0 Å². The van der Waals surface area contributed by atoms with Crippen molar-refractivity contribution in [3.05, 3.63) is 65.7 Å². The van der Waals surface area contributed by atoms with Crippen LogP contribution >= 0.6 is 11.8 Å². The number of thioether (sulfide) groups is 1. The van der Waals surface area contributed by atoms with Crippen molar-refractivity contribution in [2.75, 3.05) is 12.4 Å². The molecule has 3 rings (SSSR count). The molecule has 2 aromatic carbocycles. The number of benzene rings is 2. The van der Waals surface area contributed by atoms with Crippen molar-refractivity contribution < 1.29 is 5.11 Å². The number of fused-ring (bicyclic) bond motifs is 1. The number of rotatable bonds is 5. The molecule has 2 aromatic rings. The quantitative estimate of drug-likeness (QED) is 0.854. The summed E-state index contributed by atoms with van der Waals surface area (Å²) in [4.78, 5) is 1.37. The summed E-state index contributed by atoms with van der Waals surface area (Å²) in [7, 11) is 0. The molecule has 0 fully saturated rings. The van der Waals surface area contributed by atoms with E-state index in [0.717, 1.165) is 25.0 Å². The Hall–Kier alpha value is -1.29. The molecular formula is C20H25NOS. The van der Waals surface area contributed by atoms with Crippen molar-refractivity contribution in [2.24, 2.45) is 0 Å². The van der Waals surface area contributed by atoms with Crippen LogP contribution in [0.4, 0.5) is 0 Å². The van der Waals surface area contributed by atoms with E-state index in [0.29, 0.717) is 0 Å². The van der Waals surface area contributed by atoms with E-state index >= 15 is 0 Å². The molecule has 1 heterocycles. The average molecular weight is 327 g/mol. The van der Waals surface area contributed by atoms with Crippen LogP contribution in [0.5, 0.6) is 0 Å².